The number of aromatic nitrogens is 1. The van der Waals surface area contributed by atoms with E-state index in [0.29, 0.717) is 16.8 Å². The Hall–Kier alpha value is -2.53. The first-order chi connectivity index (χ1) is 12.4. The van der Waals surface area contributed by atoms with Gasteiger partial charge in [-0.3, -0.25) is 4.79 Å². The largest absolute Gasteiger partial charge is 0.452 e. The average molecular weight is 373 g/mol. The number of anilines is 1. The van der Waals surface area contributed by atoms with E-state index in [-0.39, 0.29) is 6.61 Å². The molecule has 1 amide bonds. The van der Waals surface area contributed by atoms with Gasteiger partial charge in [-0.05, 0) is 68.7 Å². The Balaban J connectivity index is 1.51. The first-order valence-corrected chi connectivity index (χ1v) is 8.90. The number of carbonyl (C=O) groups is 2. The van der Waals surface area contributed by atoms with Crippen LogP contribution in [0.3, 0.4) is 0 Å². The Morgan fingerprint density at radius 3 is 2.62 bits per heavy atom. The molecule has 6 heteroatoms. The smallest absolute Gasteiger partial charge is 0.331 e. The minimum atomic E-state index is -0.549. The highest BCUT2D eigenvalue weighted by Gasteiger charge is 2.26. The van der Waals surface area contributed by atoms with Crippen LogP contribution in [0.4, 0.5) is 5.69 Å². The Morgan fingerprint density at radius 2 is 1.96 bits per heavy atom. The van der Waals surface area contributed by atoms with Crippen molar-refractivity contribution >= 4 is 35.2 Å². The number of amides is 1. The number of benzene rings is 1. The summed E-state index contributed by atoms with van der Waals surface area (Å²) in [6.07, 6.45) is 5.52. The molecule has 1 aromatic heterocycles. The number of esters is 1. The summed E-state index contributed by atoms with van der Waals surface area (Å²) in [7, 11) is 0. The number of ether oxygens (including phenoxy) is 1. The van der Waals surface area contributed by atoms with Crippen LogP contribution in [0.15, 0.2) is 36.4 Å². The maximum absolute atomic E-state index is 11.9. The predicted octanol–water partition coefficient (Wildman–Crippen LogP) is 4.29. The molecule has 3 rings (SSSR count). The molecule has 1 fully saturated rings. The van der Waals surface area contributed by atoms with Crippen LogP contribution >= 0.6 is 11.6 Å². The fourth-order valence-electron chi connectivity index (χ4n) is 2.94. The van der Waals surface area contributed by atoms with Gasteiger partial charge in [-0.15, -0.1) is 0 Å². The van der Waals surface area contributed by atoms with Gasteiger partial charge >= 0.3 is 5.97 Å². The second kappa shape index (κ2) is 7.79. The predicted molar refractivity (Wildman–Crippen MR) is 102 cm³/mol. The summed E-state index contributed by atoms with van der Waals surface area (Å²) in [6, 6.07) is 9.36. The summed E-state index contributed by atoms with van der Waals surface area (Å²) in [5, 5.41) is 3.22. The summed E-state index contributed by atoms with van der Waals surface area (Å²) in [5.41, 5.74) is 3.94. The third-order valence-corrected chi connectivity index (χ3v) is 4.56. The minimum Gasteiger partial charge on any atom is -0.452 e. The highest BCUT2D eigenvalue weighted by molar-refractivity contribution is 6.30. The van der Waals surface area contributed by atoms with Crippen molar-refractivity contribution in [1.82, 2.24) is 4.57 Å². The lowest BCUT2D eigenvalue weighted by Gasteiger charge is -2.06. The lowest BCUT2D eigenvalue weighted by molar-refractivity contribution is -0.142. The maximum atomic E-state index is 11.9. The zero-order valence-electron chi connectivity index (χ0n) is 14.8. The number of aryl methyl sites for hydroxylation is 1. The molecule has 0 aliphatic heterocycles. The Morgan fingerprint density at radius 1 is 1.27 bits per heavy atom. The first kappa shape index (κ1) is 18.3. The molecule has 1 aliphatic rings. The van der Waals surface area contributed by atoms with Gasteiger partial charge < -0.3 is 14.6 Å². The summed E-state index contributed by atoms with van der Waals surface area (Å²) >= 11 is 5.79. The number of nitrogens with one attached hydrogen (secondary N) is 1. The third-order valence-electron chi connectivity index (χ3n) is 4.31. The molecule has 0 unspecified atom stereocenters. The van der Waals surface area contributed by atoms with Gasteiger partial charge in [0.2, 0.25) is 0 Å². The molecule has 0 atom stereocenters. The molecular weight excluding hydrogens is 352 g/mol. The van der Waals surface area contributed by atoms with Crippen LogP contribution in [0.1, 0.15) is 35.8 Å². The van der Waals surface area contributed by atoms with Crippen molar-refractivity contribution in [3.8, 4) is 0 Å². The van der Waals surface area contributed by atoms with Gasteiger partial charge in [-0.1, -0.05) is 11.6 Å². The van der Waals surface area contributed by atoms with E-state index in [1.54, 1.807) is 30.3 Å². The summed E-state index contributed by atoms with van der Waals surface area (Å²) in [5.74, 6) is -0.950. The molecule has 0 bridgehead atoms. The van der Waals surface area contributed by atoms with Crippen molar-refractivity contribution in [2.24, 2.45) is 0 Å². The molecule has 2 aromatic rings. The zero-order chi connectivity index (χ0) is 18.7. The third kappa shape index (κ3) is 4.55. The summed E-state index contributed by atoms with van der Waals surface area (Å²) in [4.78, 5) is 23.7. The molecule has 5 nitrogen and oxygen atoms in total. The Labute approximate surface area is 157 Å². The SMILES string of the molecule is Cc1cc(/C=C/C(=O)OCC(=O)Nc2ccc(Cl)cc2)c(C)n1C1CC1. The van der Waals surface area contributed by atoms with Crippen molar-refractivity contribution < 1.29 is 14.3 Å². The fourth-order valence-corrected chi connectivity index (χ4v) is 3.06. The highest BCUT2D eigenvalue weighted by atomic mass is 35.5. The molecule has 1 aliphatic carbocycles. The van der Waals surface area contributed by atoms with Crippen LogP contribution in [0.25, 0.3) is 6.08 Å². The molecule has 1 aromatic carbocycles. The van der Waals surface area contributed by atoms with E-state index in [0.717, 1.165) is 11.3 Å². The molecule has 0 radical (unpaired) electrons. The standard InChI is InChI=1S/C20H21ClN2O3/c1-13-11-15(14(2)23(13)18-8-9-18)3-10-20(25)26-12-19(24)22-17-6-4-16(21)5-7-17/h3-7,10-11,18H,8-9,12H2,1-2H3,(H,22,24)/b10-3+. The minimum absolute atomic E-state index is 0.340. The molecule has 26 heavy (non-hydrogen) atoms. The quantitative estimate of drug-likeness (QED) is 0.607. The average Bonchev–Trinajstić information content (AvgIpc) is 3.39. The van der Waals surface area contributed by atoms with E-state index >= 15 is 0 Å². The topological polar surface area (TPSA) is 60.3 Å². The molecule has 1 saturated carbocycles. The molecule has 1 heterocycles. The molecule has 1 N–H and O–H groups in total. The van der Waals surface area contributed by atoms with E-state index in [1.165, 1.54) is 24.6 Å². The Bertz CT molecular complexity index is 849. The fraction of sp³-hybridized carbons (Fsp3) is 0.300. The van der Waals surface area contributed by atoms with Crippen LogP contribution in [0.5, 0.6) is 0 Å². The molecule has 136 valence electrons. The van der Waals surface area contributed by atoms with Crippen molar-refractivity contribution in [3.05, 3.63) is 58.4 Å². The second-order valence-corrected chi connectivity index (χ2v) is 6.86. The molecule has 0 saturated heterocycles. The maximum Gasteiger partial charge on any atom is 0.331 e. The normalized spacial score (nSPS) is 13.8. The lowest BCUT2D eigenvalue weighted by Crippen LogP contribution is -2.20. The lowest BCUT2D eigenvalue weighted by atomic mass is 10.2. The Kier molecular flexibility index (Phi) is 5.47. The summed E-state index contributed by atoms with van der Waals surface area (Å²) < 4.78 is 7.30. The number of hydrogen-bond donors (Lipinski definition) is 1. The van der Waals surface area contributed by atoms with Gasteiger partial charge in [0.1, 0.15) is 0 Å². The van der Waals surface area contributed by atoms with Crippen LogP contribution < -0.4 is 5.32 Å². The van der Waals surface area contributed by atoms with Crippen molar-refractivity contribution in [1.29, 1.82) is 0 Å². The van der Waals surface area contributed by atoms with Gasteiger partial charge in [0.25, 0.3) is 5.91 Å². The monoisotopic (exact) mass is 372 g/mol. The van der Waals surface area contributed by atoms with Crippen LogP contribution in [0, 0.1) is 13.8 Å². The molecular formula is C20H21ClN2O3. The van der Waals surface area contributed by atoms with Crippen LogP contribution in [-0.4, -0.2) is 23.1 Å². The summed E-state index contributed by atoms with van der Waals surface area (Å²) in [6.45, 7) is 3.78. The number of carbonyl (C=O) groups excluding carboxylic acids is 2. The van der Waals surface area contributed by atoms with Gasteiger partial charge in [0.15, 0.2) is 6.61 Å². The van der Waals surface area contributed by atoms with Crippen molar-refractivity contribution in [2.75, 3.05) is 11.9 Å². The van der Waals surface area contributed by atoms with Gasteiger partial charge in [-0.25, -0.2) is 4.79 Å². The zero-order valence-corrected chi connectivity index (χ0v) is 15.5. The number of nitrogens with zero attached hydrogens (tertiary/aromatic N) is 1. The van der Waals surface area contributed by atoms with E-state index in [4.69, 9.17) is 16.3 Å². The number of rotatable bonds is 6. The van der Waals surface area contributed by atoms with Crippen molar-refractivity contribution in [2.45, 2.75) is 32.7 Å². The number of halogens is 1. The van der Waals surface area contributed by atoms with Crippen molar-refractivity contribution in [3.63, 3.8) is 0 Å². The van der Waals surface area contributed by atoms with Crippen LogP contribution in [-0.2, 0) is 14.3 Å². The van der Waals surface area contributed by atoms with E-state index in [2.05, 4.69) is 29.8 Å². The van der Waals surface area contributed by atoms with Gasteiger partial charge in [-0.2, -0.15) is 0 Å². The highest BCUT2D eigenvalue weighted by Crippen LogP contribution is 2.38. The van der Waals surface area contributed by atoms with E-state index in [1.807, 2.05) is 0 Å². The number of hydrogen-bond acceptors (Lipinski definition) is 3. The van der Waals surface area contributed by atoms with Crippen LogP contribution in [0.2, 0.25) is 5.02 Å². The first-order valence-electron chi connectivity index (χ1n) is 8.52. The van der Waals surface area contributed by atoms with E-state index < -0.39 is 11.9 Å². The van der Waals surface area contributed by atoms with E-state index in [9.17, 15) is 9.59 Å². The van der Waals surface area contributed by atoms with Gasteiger partial charge in [0.05, 0.1) is 0 Å². The molecule has 0 spiro atoms. The second-order valence-electron chi connectivity index (χ2n) is 6.42. The van der Waals surface area contributed by atoms with Gasteiger partial charge in [0, 0.05) is 34.2 Å².